The lowest BCUT2D eigenvalue weighted by molar-refractivity contribution is -0.0853. The number of fused-ring (bicyclic) bond motifs is 10. The molecule has 1 heterocycles. The van der Waals surface area contributed by atoms with Gasteiger partial charge >= 0.3 is 0 Å². The molecule has 4 N–H and O–H groups in total. The predicted octanol–water partition coefficient (Wildman–Crippen LogP) is 14.7. The summed E-state index contributed by atoms with van der Waals surface area (Å²) in [5, 5.41) is 42.7. The van der Waals surface area contributed by atoms with Gasteiger partial charge in [0.1, 0.15) is 0 Å². The maximum atomic E-state index is 10.8. The van der Waals surface area contributed by atoms with E-state index in [-0.39, 0.29) is 55.7 Å². The number of aliphatic hydroxyl groups excluding tert-OH is 3. The number of rotatable bonds is 11. The lowest BCUT2D eigenvalue weighted by atomic mass is 9.44. The van der Waals surface area contributed by atoms with Gasteiger partial charge in [-0.2, -0.15) is 0 Å². The average molecular weight is 927 g/mol. The van der Waals surface area contributed by atoms with Gasteiger partial charge in [-0.15, -0.1) is 0 Å². The first-order valence-electron chi connectivity index (χ1n) is 28.3. The van der Waals surface area contributed by atoms with E-state index in [9.17, 15) is 20.4 Å². The molecule has 18 atom stereocenters. The average Bonchev–Trinajstić information content (AvgIpc) is 3.72. The minimum Gasteiger partial charge on any atom is -0.393 e. The molecule has 5 fully saturated rings. The van der Waals surface area contributed by atoms with Crippen LogP contribution >= 0.6 is 0 Å². The Balaban J connectivity index is 0.000000182. The highest BCUT2D eigenvalue weighted by atomic mass is 16.6. The summed E-state index contributed by atoms with van der Waals surface area (Å²) < 4.78 is 6.04. The molecule has 5 nitrogen and oxygen atoms in total. The molecule has 1 aliphatic heterocycles. The van der Waals surface area contributed by atoms with E-state index in [2.05, 4.69) is 121 Å². The topological polar surface area (TPSA) is 93.5 Å². The van der Waals surface area contributed by atoms with Gasteiger partial charge in [-0.05, 0) is 231 Å². The van der Waals surface area contributed by atoms with Crippen LogP contribution in [0.3, 0.4) is 0 Å². The second-order valence-corrected chi connectivity index (χ2v) is 28.4. The third-order valence-electron chi connectivity index (χ3n) is 24.9. The van der Waals surface area contributed by atoms with Gasteiger partial charge in [0.05, 0.1) is 35.6 Å². The molecule has 4 saturated carbocycles. The smallest absolute Gasteiger partial charge is 0.0917 e. The molecule has 67 heavy (non-hydrogen) atoms. The molecule has 9 rings (SSSR count). The maximum absolute atomic E-state index is 10.8. The minimum absolute atomic E-state index is 0.0118. The molecular formula is C62H102O5. The number of allylic oxidation sites excluding steroid dienone is 8. The summed E-state index contributed by atoms with van der Waals surface area (Å²) in [6.07, 6.45) is 29.7. The molecule has 1 saturated heterocycles. The molecule has 0 unspecified atom stereocenters. The summed E-state index contributed by atoms with van der Waals surface area (Å²) in [4.78, 5) is 0. The molecular weight excluding hydrogens is 825 g/mol. The first kappa shape index (κ1) is 52.1. The monoisotopic (exact) mass is 927 g/mol. The van der Waals surface area contributed by atoms with Crippen LogP contribution < -0.4 is 0 Å². The molecule has 9 aliphatic rings. The van der Waals surface area contributed by atoms with Crippen molar-refractivity contribution in [2.45, 2.75) is 262 Å². The molecule has 0 spiro atoms. The number of aliphatic hydroxyl groups is 4. The van der Waals surface area contributed by atoms with Gasteiger partial charge in [0, 0.05) is 0 Å². The summed E-state index contributed by atoms with van der Waals surface area (Å²) in [5.74, 6) is 3.75. The number of hydrogen-bond donors (Lipinski definition) is 4. The van der Waals surface area contributed by atoms with Crippen molar-refractivity contribution in [1.29, 1.82) is 0 Å². The van der Waals surface area contributed by atoms with Crippen molar-refractivity contribution >= 4 is 0 Å². The first-order chi connectivity index (χ1) is 31.0. The molecule has 0 aromatic rings. The van der Waals surface area contributed by atoms with Crippen LogP contribution in [0.5, 0.6) is 0 Å². The van der Waals surface area contributed by atoms with Crippen molar-refractivity contribution in [3.63, 3.8) is 0 Å². The second-order valence-electron chi connectivity index (χ2n) is 28.4. The van der Waals surface area contributed by atoms with Gasteiger partial charge in [-0.1, -0.05) is 121 Å². The van der Waals surface area contributed by atoms with Crippen molar-refractivity contribution in [2.24, 2.45) is 78.8 Å². The summed E-state index contributed by atoms with van der Waals surface area (Å²) in [6, 6.07) is 0. The third kappa shape index (κ3) is 7.72. The molecule has 0 radical (unpaired) electrons. The minimum atomic E-state index is -0.990. The molecule has 0 amide bonds. The fraction of sp³-hybridized carbons (Fsp3) is 0.871. The Labute approximate surface area is 410 Å². The van der Waals surface area contributed by atoms with Crippen LogP contribution in [0.2, 0.25) is 0 Å². The first-order valence-corrected chi connectivity index (χ1v) is 28.3. The summed E-state index contributed by atoms with van der Waals surface area (Å²) in [6.45, 7) is 37.7. The zero-order valence-electron chi connectivity index (χ0n) is 46.0. The van der Waals surface area contributed by atoms with Crippen LogP contribution in [-0.2, 0) is 4.74 Å². The highest BCUT2D eigenvalue weighted by molar-refractivity contribution is 5.51. The van der Waals surface area contributed by atoms with Crippen molar-refractivity contribution < 1.29 is 25.2 Å². The quantitative estimate of drug-likeness (QED) is 0.155. The predicted molar refractivity (Wildman–Crippen MR) is 277 cm³/mol. The summed E-state index contributed by atoms with van der Waals surface area (Å²) >= 11 is 0. The van der Waals surface area contributed by atoms with Gasteiger partial charge in [-0.3, -0.25) is 0 Å². The van der Waals surface area contributed by atoms with Crippen LogP contribution in [0.15, 0.2) is 46.6 Å². The van der Waals surface area contributed by atoms with E-state index < -0.39 is 11.7 Å². The zero-order valence-corrected chi connectivity index (χ0v) is 46.0. The molecule has 8 aliphatic carbocycles. The molecule has 5 heteroatoms. The van der Waals surface area contributed by atoms with Gasteiger partial charge in [0.2, 0.25) is 0 Å². The summed E-state index contributed by atoms with van der Waals surface area (Å²) in [7, 11) is 0. The highest BCUT2D eigenvalue weighted by Crippen LogP contribution is 2.74. The molecule has 380 valence electrons. The van der Waals surface area contributed by atoms with E-state index in [0.717, 1.165) is 69.6 Å². The van der Waals surface area contributed by atoms with Crippen molar-refractivity contribution in [3.8, 4) is 0 Å². The van der Waals surface area contributed by atoms with Crippen molar-refractivity contribution in [1.82, 2.24) is 0 Å². The number of ether oxygens (including phenoxy) is 1. The lowest BCUT2D eigenvalue weighted by Crippen LogP contribution is -2.54. The second kappa shape index (κ2) is 17.2. The van der Waals surface area contributed by atoms with Crippen LogP contribution in [0.25, 0.3) is 0 Å². The normalized spacial score (nSPS) is 47.8. The third-order valence-corrected chi connectivity index (χ3v) is 24.9. The van der Waals surface area contributed by atoms with Crippen LogP contribution in [0, 0.1) is 78.8 Å². The van der Waals surface area contributed by atoms with E-state index in [0.29, 0.717) is 48.0 Å². The largest absolute Gasteiger partial charge is 0.393 e. The number of epoxide rings is 1. The Morgan fingerprint density at radius 3 is 1.45 bits per heavy atom. The van der Waals surface area contributed by atoms with Crippen LogP contribution in [0.4, 0.5) is 0 Å². The molecule has 0 bridgehead atoms. The Morgan fingerprint density at radius 2 is 1.04 bits per heavy atom. The van der Waals surface area contributed by atoms with Crippen LogP contribution in [-0.4, -0.2) is 56.0 Å². The maximum Gasteiger partial charge on any atom is 0.0917 e. The Kier molecular flexibility index (Phi) is 13.4. The Morgan fingerprint density at radius 1 is 0.612 bits per heavy atom. The standard InChI is InChI=1S/C31H52O3.C31H50O2/c1-9-31(8,34)26(33)13-10-20(2)21-14-18-30(7)23-11-12-24-27(3,4)25(32)16-17-28(24,5)22(23)15-19-29(21,30)6;1-9-31(8)26(33-31)13-10-20(2)21-14-18-30(7)23-11-12-24-27(3,4)25(32)16-17-28(24,5)22(23)15-19-29(21,30)6/h11,15,20-21,24-26,32-34H,9-10,12-14,16-19H2,1-8H3;11,15,20-21,24-26,32H,9-10,12-14,16-19H2,1-8H3/t20-,21-,24+,25+,26+,28-,29-,30+,31-;20-,21-,24+,25+,26-,28-,29-,30+,31+/m11/s1. The number of hydrogen-bond acceptors (Lipinski definition) is 5. The Hall–Kier alpha value is -1.24. The van der Waals surface area contributed by atoms with E-state index in [1.165, 1.54) is 44.9 Å². The van der Waals surface area contributed by atoms with E-state index in [4.69, 9.17) is 4.74 Å². The fourth-order valence-corrected chi connectivity index (χ4v) is 18.6. The Bertz CT molecular complexity index is 2000. The van der Waals surface area contributed by atoms with E-state index >= 15 is 0 Å². The zero-order chi connectivity index (χ0) is 49.3. The lowest BCUT2D eigenvalue weighted by Gasteiger charge is -2.61. The molecule has 0 aromatic heterocycles. The SMILES string of the molecule is CC[C@@](C)(O)[C@@H](O)CC[C@@H](C)[C@H]1CC[C@@]2(C)C3=CC[C@H]4C(C)(C)[C@@H](O)CC[C@]4(C)C3=CC[C@]12C.CC[C@]1(C)O[C@@H]1CC[C@@H](C)[C@H]1CC[C@@]2(C)C3=CC[C@H]4C(C)(C)[C@@H](O)CC[C@]4(C)C3=CC[C@]12C. The van der Waals surface area contributed by atoms with Gasteiger partial charge < -0.3 is 25.2 Å². The van der Waals surface area contributed by atoms with E-state index in [1.807, 2.05) is 6.92 Å². The fourth-order valence-electron chi connectivity index (χ4n) is 18.6. The van der Waals surface area contributed by atoms with Crippen molar-refractivity contribution in [3.05, 3.63) is 46.6 Å². The van der Waals surface area contributed by atoms with E-state index in [1.54, 1.807) is 29.2 Å². The van der Waals surface area contributed by atoms with Gasteiger partial charge in [0.25, 0.3) is 0 Å². The molecule has 0 aromatic carbocycles. The van der Waals surface area contributed by atoms with Gasteiger partial charge in [-0.25, -0.2) is 0 Å². The van der Waals surface area contributed by atoms with Crippen molar-refractivity contribution in [2.75, 3.05) is 0 Å². The van der Waals surface area contributed by atoms with Crippen LogP contribution in [0.1, 0.15) is 226 Å². The van der Waals surface area contributed by atoms with Gasteiger partial charge in [0.15, 0.2) is 0 Å². The highest BCUT2D eigenvalue weighted by Gasteiger charge is 2.65. The summed E-state index contributed by atoms with van der Waals surface area (Å²) in [5.41, 5.74) is 7.14.